The Morgan fingerprint density at radius 2 is 1.88 bits per heavy atom. The molecular formula is C12H17N3O. The van der Waals surface area contributed by atoms with Crippen molar-refractivity contribution in [1.29, 1.82) is 0 Å². The van der Waals surface area contributed by atoms with Gasteiger partial charge in [0.15, 0.2) is 0 Å². The van der Waals surface area contributed by atoms with Crippen LogP contribution in [0, 0.1) is 0 Å². The van der Waals surface area contributed by atoms with Crippen molar-refractivity contribution >= 4 is 11.5 Å². The highest BCUT2D eigenvalue weighted by molar-refractivity contribution is 5.77. The first-order valence-electron chi connectivity index (χ1n) is 5.62. The molecule has 4 heteroatoms. The van der Waals surface area contributed by atoms with Crippen LogP contribution in [0.1, 0.15) is 6.92 Å². The zero-order chi connectivity index (χ0) is 11.4. The van der Waals surface area contributed by atoms with Gasteiger partial charge in [-0.1, -0.05) is 0 Å². The summed E-state index contributed by atoms with van der Waals surface area (Å²) in [6.45, 7) is 6.12. The Bertz CT molecular complexity index is 345. The average molecular weight is 219 g/mol. The lowest BCUT2D eigenvalue weighted by atomic mass is 10.2. The van der Waals surface area contributed by atoms with Gasteiger partial charge >= 0.3 is 0 Å². The van der Waals surface area contributed by atoms with E-state index in [1.807, 2.05) is 24.5 Å². The molecule has 1 aliphatic heterocycles. The van der Waals surface area contributed by atoms with E-state index in [0.717, 1.165) is 26.2 Å². The van der Waals surface area contributed by atoms with Crippen molar-refractivity contribution in [1.82, 2.24) is 9.88 Å². The third kappa shape index (κ3) is 2.79. The van der Waals surface area contributed by atoms with Gasteiger partial charge in [-0.25, -0.2) is 0 Å². The number of carbonyl (C=O) groups excluding carboxylic acids is 1. The Morgan fingerprint density at radius 1 is 1.25 bits per heavy atom. The molecule has 0 N–H and O–H groups in total. The Hall–Kier alpha value is -1.42. The number of hydrogen-bond acceptors (Lipinski definition) is 4. The highest BCUT2D eigenvalue weighted by atomic mass is 16.1. The van der Waals surface area contributed by atoms with Crippen LogP contribution >= 0.6 is 0 Å². The van der Waals surface area contributed by atoms with Crippen LogP contribution in [0.5, 0.6) is 0 Å². The lowest BCUT2D eigenvalue weighted by Crippen LogP contribution is -2.47. The molecule has 0 radical (unpaired) electrons. The van der Waals surface area contributed by atoms with E-state index in [4.69, 9.17) is 0 Å². The second-order valence-electron chi connectivity index (χ2n) is 4.17. The first-order valence-corrected chi connectivity index (χ1v) is 5.62. The van der Waals surface area contributed by atoms with Gasteiger partial charge < -0.3 is 4.90 Å². The minimum absolute atomic E-state index is 0.248. The first kappa shape index (κ1) is 11.1. The standard InChI is InChI=1S/C12H17N3O/c1-11(16)10-14-6-8-15(9-7-14)12-2-4-13-5-3-12/h2-5H,6-10H2,1H3. The Morgan fingerprint density at radius 3 is 2.44 bits per heavy atom. The van der Waals surface area contributed by atoms with E-state index in [-0.39, 0.29) is 5.78 Å². The lowest BCUT2D eigenvalue weighted by molar-refractivity contribution is -0.118. The van der Waals surface area contributed by atoms with Crippen molar-refractivity contribution in [3.8, 4) is 0 Å². The van der Waals surface area contributed by atoms with Gasteiger partial charge in [-0.3, -0.25) is 14.7 Å². The van der Waals surface area contributed by atoms with Gasteiger partial charge in [-0.05, 0) is 19.1 Å². The van der Waals surface area contributed by atoms with E-state index in [1.54, 1.807) is 6.92 Å². The molecule has 1 saturated heterocycles. The molecule has 0 bridgehead atoms. The molecule has 0 spiro atoms. The summed E-state index contributed by atoms with van der Waals surface area (Å²) in [7, 11) is 0. The predicted octanol–water partition coefficient (Wildman–Crippen LogP) is 0.793. The molecule has 0 aromatic carbocycles. The number of Topliss-reactive ketones (excluding diaryl/α,β-unsaturated/α-hetero) is 1. The summed E-state index contributed by atoms with van der Waals surface area (Å²) in [5, 5.41) is 0. The monoisotopic (exact) mass is 219 g/mol. The van der Waals surface area contributed by atoms with Crippen molar-refractivity contribution in [3.05, 3.63) is 24.5 Å². The number of aromatic nitrogens is 1. The summed E-state index contributed by atoms with van der Waals surface area (Å²) in [5.74, 6) is 0.248. The van der Waals surface area contributed by atoms with Gasteiger partial charge in [-0.15, -0.1) is 0 Å². The molecule has 2 heterocycles. The van der Waals surface area contributed by atoms with Crippen molar-refractivity contribution in [2.45, 2.75) is 6.92 Å². The summed E-state index contributed by atoms with van der Waals surface area (Å²) in [5.41, 5.74) is 1.22. The number of ketones is 1. The molecule has 1 aromatic heterocycles. The van der Waals surface area contributed by atoms with Gasteiger partial charge in [0, 0.05) is 44.3 Å². The highest BCUT2D eigenvalue weighted by Gasteiger charge is 2.17. The summed E-state index contributed by atoms with van der Waals surface area (Å²) in [6.07, 6.45) is 3.63. The molecule has 1 fully saturated rings. The molecular weight excluding hydrogens is 202 g/mol. The largest absolute Gasteiger partial charge is 0.369 e. The molecule has 0 aliphatic carbocycles. The van der Waals surface area contributed by atoms with E-state index in [9.17, 15) is 4.79 Å². The predicted molar refractivity (Wildman–Crippen MR) is 63.6 cm³/mol. The number of carbonyl (C=O) groups is 1. The normalized spacial score (nSPS) is 17.4. The second-order valence-corrected chi connectivity index (χ2v) is 4.17. The quantitative estimate of drug-likeness (QED) is 0.753. The molecule has 1 aromatic rings. The van der Waals surface area contributed by atoms with Crippen LogP contribution in [-0.4, -0.2) is 48.4 Å². The van der Waals surface area contributed by atoms with Crippen molar-refractivity contribution in [2.75, 3.05) is 37.6 Å². The Balaban J connectivity index is 1.88. The topological polar surface area (TPSA) is 36.4 Å². The fraction of sp³-hybridized carbons (Fsp3) is 0.500. The summed E-state index contributed by atoms with van der Waals surface area (Å²) in [6, 6.07) is 4.06. The molecule has 16 heavy (non-hydrogen) atoms. The smallest absolute Gasteiger partial charge is 0.143 e. The van der Waals surface area contributed by atoms with Crippen LogP contribution in [0.2, 0.25) is 0 Å². The van der Waals surface area contributed by atoms with Gasteiger partial charge in [0.2, 0.25) is 0 Å². The third-order valence-electron chi connectivity index (χ3n) is 2.85. The molecule has 0 atom stereocenters. The molecule has 2 rings (SSSR count). The molecule has 0 unspecified atom stereocenters. The van der Waals surface area contributed by atoms with E-state index >= 15 is 0 Å². The summed E-state index contributed by atoms with van der Waals surface area (Å²) in [4.78, 5) is 19.6. The van der Waals surface area contributed by atoms with Crippen molar-refractivity contribution in [2.24, 2.45) is 0 Å². The average Bonchev–Trinajstić information content (AvgIpc) is 2.30. The first-order chi connectivity index (χ1) is 7.75. The fourth-order valence-electron chi connectivity index (χ4n) is 2.03. The fourth-order valence-corrected chi connectivity index (χ4v) is 2.03. The van der Waals surface area contributed by atoms with E-state index in [0.29, 0.717) is 6.54 Å². The van der Waals surface area contributed by atoms with Crippen LogP contribution < -0.4 is 4.90 Å². The van der Waals surface area contributed by atoms with Gasteiger partial charge in [0.1, 0.15) is 5.78 Å². The minimum Gasteiger partial charge on any atom is -0.369 e. The summed E-state index contributed by atoms with van der Waals surface area (Å²) >= 11 is 0. The third-order valence-corrected chi connectivity index (χ3v) is 2.85. The SMILES string of the molecule is CC(=O)CN1CCN(c2ccncc2)CC1. The molecule has 4 nitrogen and oxygen atoms in total. The summed E-state index contributed by atoms with van der Waals surface area (Å²) < 4.78 is 0. The molecule has 0 saturated carbocycles. The number of hydrogen-bond donors (Lipinski definition) is 0. The molecule has 0 amide bonds. The second kappa shape index (κ2) is 5.07. The molecule has 1 aliphatic rings. The van der Waals surface area contributed by atoms with Crippen LogP contribution in [0.4, 0.5) is 5.69 Å². The zero-order valence-electron chi connectivity index (χ0n) is 9.59. The molecule has 86 valence electrons. The maximum atomic E-state index is 11.0. The zero-order valence-corrected chi connectivity index (χ0v) is 9.59. The number of anilines is 1. The number of pyridine rings is 1. The van der Waals surface area contributed by atoms with E-state index in [2.05, 4.69) is 14.8 Å². The van der Waals surface area contributed by atoms with Crippen LogP contribution in [-0.2, 0) is 4.79 Å². The van der Waals surface area contributed by atoms with Gasteiger partial charge in [0.25, 0.3) is 0 Å². The van der Waals surface area contributed by atoms with E-state index < -0.39 is 0 Å². The van der Waals surface area contributed by atoms with Crippen molar-refractivity contribution in [3.63, 3.8) is 0 Å². The number of nitrogens with zero attached hydrogens (tertiary/aromatic N) is 3. The lowest BCUT2D eigenvalue weighted by Gasteiger charge is -2.35. The maximum Gasteiger partial charge on any atom is 0.143 e. The van der Waals surface area contributed by atoms with Crippen LogP contribution in [0.25, 0.3) is 0 Å². The van der Waals surface area contributed by atoms with E-state index in [1.165, 1.54) is 5.69 Å². The Kier molecular flexibility index (Phi) is 3.51. The van der Waals surface area contributed by atoms with Crippen molar-refractivity contribution < 1.29 is 4.79 Å². The highest BCUT2D eigenvalue weighted by Crippen LogP contribution is 2.14. The minimum atomic E-state index is 0.248. The van der Waals surface area contributed by atoms with Gasteiger partial charge in [0.05, 0.1) is 6.54 Å². The number of rotatable bonds is 3. The van der Waals surface area contributed by atoms with Crippen LogP contribution in [0.3, 0.4) is 0 Å². The number of piperazine rings is 1. The maximum absolute atomic E-state index is 11.0. The van der Waals surface area contributed by atoms with Gasteiger partial charge in [-0.2, -0.15) is 0 Å². The Labute approximate surface area is 95.9 Å². The van der Waals surface area contributed by atoms with Crippen LogP contribution in [0.15, 0.2) is 24.5 Å².